The van der Waals surface area contributed by atoms with Crippen LogP contribution in [0.4, 0.5) is 11.5 Å². The SMILES string of the molecule is CC.CC.CCCSc1nc(Cl)c(N)c(N(N)Cc2ccc(Cl)cc2)n1. The van der Waals surface area contributed by atoms with E-state index >= 15 is 0 Å². The number of thioether (sulfide) groups is 1. The molecule has 146 valence electrons. The van der Waals surface area contributed by atoms with Crippen molar-refractivity contribution >= 4 is 46.5 Å². The van der Waals surface area contributed by atoms with Gasteiger partial charge in [-0.25, -0.2) is 15.8 Å². The van der Waals surface area contributed by atoms with Crippen molar-refractivity contribution in [3.8, 4) is 0 Å². The van der Waals surface area contributed by atoms with Gasteiger partial charge < -0.3 is 5.73 Å². The minimum absolute atomic E-state index is 0.218. The van der Waals surface area contributed by atoms with Gasteiger partial charge in [-0.15, -0.1) is 0 Å². The summed E-state index contributed by atoms with van der Waals surface area (Å²) < 4.78 is 0. The minimum atomic E-state index is 0.218. The summed E-state index contributed by atoms with van der Waals surface area (Å²) >= 11 is 13.5. The van der Waals surface area contributed by atoms with Crippen LogP contribution in [-0.2, 0) is 6.54 Å². The number of hydrazine groups is 1. The summed E-state index contributed by atoms with van der Waals surface area (Å²) in [4.78, 5) is 8.57. The third-order valence-corrected chi connectivity index (χ3v) is 4.43. The van der Waals surface area contributed by atoms with Gasteiger partial charge in [0.15, 0.2) is 16.1 Å². The zero-order valence-electron chi connectivity index (χ0n) is 16.1. The van der Waals surface area contributed by atoms with Crippen molar-refractivity contribution in [3.05, 3.63) is 40.0 Å². The molecule has 0 aliphatic carbocycles. The van der Waals surface area contributed by atoms with Crippen molar-refractivity contribution in [1.29, 1.82) is 0 Å². The Balaban J connectivity index is 0.00000146. The molecule has 0 amide bonds. The van der Waals surface area contributed by atoms with Crippen molar-refractivity contribution in [3.63, 3.8) is 0 Å². The number of anilines is 2. The van der Waals surface area contributed by atoms with Crippen molar-refractivity contribution in [1.82, 2.24) is 9.97 Å². The number of hydrogen-bond acceptors (Lipinski definition) is 6. The zero-order valence-corrected chi connectivity index (χ0v) is 18.4. The summed E-state index contributed by atoms with van der Waals surface area (Å²) in [5, 5.41) is 2.93. The van der Waals surface area contributed by atoms with E-state index in [4.69, 9.17) is 34.8 Å². The largest absolute Gasteiger partial charge is 0.393 e. The maximum absolute atomic E-state index is 6.09. The van der Waals surface area contributed by atoms with E-state index in [1.54, 1.807) is 0 Å². The molecular weight excluding hydrogens is 389 g/mol. The van der Waals surface area contributed by atoms with E-state index in [-0.39, 0.29) is 10.8 Å². The molecule has 0 bridgehead atoms. The van der Waals surface area contributed by atoms with Crippen LogP contribution in [0.2, 0.25) is 10.2 Å². The second kappa shape index (κ2) is 13.9. The Morgan fingerprint density at radius 1 is 1.04 bits per heavy atom. The van der Waals surface area contributed by atoms with E-state index in [1.807, 2.05) is 52.0 Å². The lowest BCUT2D eigenvalue weighted by Crippen LogP contribution is -2.32. The molecule has 0 aliphatic rings. The highest BCUT2D eigenvalue weighted by atomic mass is 35.5. The first-order valence-electron chi connectivity index (χ1n) is 8.73. The molecule has 0 radical (unpaired) electrons. The first kappa shape index (κ1) is 24.8. The van der Waals surface area contributed by atoms with Gasteiger partial charge in [0.25, 0.3) is 0 Å². The first-order valence-corrected chi connectivity index (χ1v) is 10.5. The van der Waals surface area contributed by atoms with Gasteiger partial charge in [-0.3, -0.25) is 5.01 Å². The molecule has 0 aliphatic heterocycles. The quantitative estimate of drug-likeness (QED) is 0.203. The number of rotatable bonds is 6. The number of nitrogen functional groups attached to an aromatic ring is 1. The Labute approximate surface area is 171 Å². The highest BCUT2D eigenvalue weighted by Gasteiger charge is 2.15. The van der Waals surface area contributed by atoms with Crippen molar-refractivity contribution in [2.75, 3.05) is 16.5 Å². The Bertz CT molecular complexity index is 638. The lowest BCUT2D eigenvalue weighted by atomic mass is 10.2. The third-order valence-electron chi connectivity index (χ3n) is 2.83. The number of nitrogens with zero attached hydrogens (tertiary/aromatic N) is 3. The Hall–Kier alpha value is -1.21. The molecule has 1 aromatic carbocycles. The summed E-state index contributed by atoms with van der Waals surface area (Å²) in [6, 6.07) is 7.41. The Kier molecular flexibility index (Phi) is 13.3. The normalized spacial score (nSPS) is 9.54. The molecule has 4 N–H and O–H groups in total. The summed E-state index contributed by atoms with van der Waals surface area (Å²) in [6.45, 7) is 10.5. The molecule has 0 atom stereocenters. The average molecular weight is 418 g/mol. The van der Waals surface area contributed by atoms with Crippen LogP contribution in [0.3, 0.4) is 0 Å². The molecule has 26 heavy (non-hydrogen) atoms. The second-order valence-electron chi connectivity index (χ2n) is 4.64. The summed E-state index contributed by atoms with van der Waals surface area (Å²) in [7, 11) is 0. The molecule has 0 spiro atoms. The topological polar surface area (TPSA) is 81.1 Å². The van der Waals surface area contributed by atoms with Gasteiger partial charge in [-0.1, -0.05) is 81.7 Å². The monoisotopic (exact) mass is 417 g/mol. The number of halogens is 2. The van der Waals surface area contributed by atoms with Crippen LogP contribution in [0.1, 0.15) is 46.6 Å². The van der Waals surface area contributed by atoms with Crippen LogP contribution in [0, 0.1) is 0 Å². The lowest BCUT2D eigenvalue weighted by molar-refractivity contribution is 0.809. The van der Waals surface area contributed by atoms with Gasteiger partial charge in [-0.2, -0.15) is 0 Å². The predicted molar refractivity (Wildman–Crippen MR) is 117 cm³/mol. The fraction of sp³-hybridized carbons (Fsp3) is 0.444. The van der Waals surface area contributed by atoms with Gasteiger partial charge in [0.05, 0.1) is 6.54 Å². The van der Waals surface area contributed by atoms with E-state index < -0.39 is 0 Å². The predicted octanol–water partition coefficient (Wildman–Crippen LogP) is 5.80. The van der Waals surface area contributed by atoms with Gasteiger partial charge in [-0.05, 0) is 24.1 Å². The van der Waals surface area contributed by atoms with Crippen LogP contribution < -0.4 is 16.6 Å². The molecule has 1 heterocycles. The minimum Gasteiger partial charge on any atom is -0.393 e. The van der Waals surface area contributed by atoms with Crippen molar-refractivity contribution < 1.29 is 0 Å². The molecule has 1 aromatic heterocycles. The second-order valence-corrected chi connectivity index (χ2v) is 6.49. The van der Waals surface area contributed by atoms with E-state index in [2.05, 4.69) is 16.9 Å². The average Bonchev–Trinajstić information content (AvgIpc) is 2.67. The van der Waals surface area contributed by atoms with Crippen molar-refractivity contribution in [2.24, 2.45) is 5.84 Å². The van der Waals surface area contributed by atoms with E-state index in [9.17, 15) is 0 Å². The fourth-order valence-corrected chi connectivity index (χ4v) is 2.78. The maximum atomic E-state index is 6.09. The lowest BCUT2D eigenvalue weighted by Gasteiger charge is -2.20. The molecule has 0 fully saturated rings. The number of hydrogen-bond donors (Lipinski definition) is 2. The molecule has 0 saturated heterocycles. The van der Waals surface area contributed by atoms with Crippen LogP contribution in [-0.4, -0.2) is 15.7 Å². The molecule has 2 aromatic rings. The van der Waals surface area contributed by atoms with Crippen LogP contribution in [0.25, 0.3) is 0 Å². The molecule has 2 rings (SSSR count). The van der Waals surface area contributed by atoms with Crippen molar-refractivity contribution in [2.45, 2.75) is 52.7 Å². The Morgan fingerprint density at radius 2 is 1.62 bits per heavy atom. The third kappa shape index (κ3) is 7.99. The molecule has 8 heteroatoms. The van der Waals surface area contributed by atoms with Gasteiger partial charge >= 0.3 is 0 Å². The van der Waals surface area contributed by atoms with Crippen LogP contribution in [0.15, 0.2) is 29.4 Å². The van der Waals surface area contributed by atoms with Gasteiger partial charge in [0.1, 0.15) is 5.69 Å². The van der Waals surface area contributed by atoms with E-state index in [1.165, 1.54) is 16.8 Å². The van der Waals surface area contributed by atoms with Gasteiger partial charge in [0, 0.05) is 10.8 Å². The van der Waals surface area contributed by atoms with Gasteiger partial charge in [0.2, 0.25) is 0 Å². The Morgan fingerprint density at radius 3 is 2.15 bits per heavy atom. The number of aromatic nitrogens is 2. The van der Waals surface area contributed by atoms with E-state index in [0.29, 0.717) is 22.5 Å². The summed E-state index contributed by atoms with van der Waals surface area (Å²) in [5.41, 5.74) is 7.22. The highest BCUT2D eigenvalue weighted by Crippen LogP contribution is 2.29. The standard InChI is InChI=1S/C14H17Cl2N5S.2C2H6/c1-2-7-22-14-19-12(16)11(17)13(20-14)21(18)8-9-3-5-10(15)6-4-9;2*1-2/h3-6H,2,7-8,17-18H2,1H3;2*1-2H3. The maximum Gasteiger partial charge on any atom is 0.191 e. The fourth-order valence-electron chi connectivity index (χ4n) is 1.75. The molecule has 5 nitrogen and oxygen atoms in total. The number of nitrogens with two attached hydrogens (primary N) is 2. The first-order chi connectivity index (χ1) is 12.5. The summed E-state index contributed by atoms with van der Waals surface area (Å²) in [6.07, 6.45) is 1.02. The number of benzene rings is 1. The molecule has 0 unspecified atom stereocenters. The highest BCUT2D eigenvalue weighted by molar-refractivity contribution is 7.99. The molecule has 0 saturated carbocycles. The molecular formula is C18H29Cl2N5S. The van der Waals surface area contributed by atoms with Crippen LogP contribution >= 0.6 is 35.0 Å². The summed E-state index contributed by atoms with van der Waals surface area (Å²) in [5.74, 6) is 7.42. The van der Waals surface area contributed by atoms with Crippen LogP contribution in [0.5, 0.6) is 0 Å². The zero-order chi connectivity index (χ0) is 20.1. The van der Waals surface area contributed by atoms with E-state index in [0.717, 1.165) is 17.7 Å². The smallest absolute Gasteiger partial charge is 0.191 e.